The summed E-state index contributed by atoms with van der Waals surface area (Å²) in [7, 11) is 1.35. The molecule has 0 aliphatic carbocycles. The van der Waals surface area contributed by atoms with Gasteiger partial charge in [-0.1, -0.05) is 0 Å². The maximum absolute atomic E-state index is 11.7. The van der Waals surface area contributed by atoms with Gasteiger partial charge in [0.25, 0.3) is 0 Å². The molecule has 0 saturated carbocycles. The molecule has 1 aromatic carbocycles. The second kappa shape index (κ2) is 6.53. The summed E-state index contributed by atoms with van der Waals surface area (Å²) in [4.78, 5) is 33.0. The molecule has 0 aromatic heterocycles. The van der Waals surface area contributed by atoms with Gasteiger partial charge < -0.3 is 26.0 Å². The summed E-state index contributed by atoms with van der Waals surface area (Å²) >= 11 is 0. The lowest BCUT2D eigenvalue weighted by atomic mass is 10.1. The smallest absolute Gasteiger partial charge is 0.335 e. The van der Waals surface area contributed by atoms with Crippen LogP contribution in [0.25, 0.3) is 0 Å². The average molecular weight is 282 g/mol. The van der Waals surface area contributed by atoms with Crippen LogP contribution in [0.2, 0.25) is 0 Å². The summed E-state index contributed by atoms with van der Waals surface area (Å²) in [6.45, 7) is 0. The van der Waals surface area contributed by atoms with Crippen LogP contribution in [0.4, 0.5) is 5.69 Å². The number of anilines is 1. The number of aliphatic carboxylic acids is 1. The van der Waals surface area contributed by atoms with E-state index in [0.29, 0.717) is 0 Å². The minimum Gasteiger partial charge on any atom is -0.495 e. The van der Waals surface area contributed by atoms with Gasteiger partial charge in [0.15, 0.2) is 0 Å². The third-order valence-corrected chi connectivity index (χ3v) is 2.44. The predicted octanol–water partition coefficient (Wildman–Crippen LogP) is 0.134. The molecule has 0 heterocycles. The summed E-state index contributed by atoms with van der Waals surface area (Å²) in [6.07, 6.45) is -0.535. The van der Waals surface area contributed by atoms with E-state index < -0.39 is 30.3 Å². The van der Waals surface area contributed by atoms with Crippen LogP contribution in [0.15, 0.2) is 18.2 Å². The van der Waals surface area contributed by atoms with Crippen molar-refractivity contribution in [1.82, 2.24) is 0 Å². The van der Waals surface area contributed by atoms with E-state index in [1.54, 1.807) is 0 Å². The van der Waals surface area contributed by atoms with E-state index in [0.717, 1.165) is 0 Å². The average Bonchev–Trinajstić information content (AvgIpc) is 2.37. The molecule has 1 rings (SSSR count). The second-order valence-corrected chi connectivity index (χ2v) is 3.91. The van der Waals surface area contributed by atoms with Crippen molar-refractivity contribution in [1.29, 1.82) is 0 Å². The third-order valence-electron chi connectivity index (χ3n) is 2.44. The fourth-order valence-corrected chi connectivity index (χ4v) is 1.44. The highest BCUT2D eigenvalue weighted by atomic mass is 16.5. The molecule has 1 aromatic rings. The summed E-state index contributed by atoms with van der Waals surface area (Å²) in [5.74, 6) is -2.88. The van der Waals surface area contributed by atoms with Crippen molar-refractivity contribution in [2.45, 2.75) is 12.5 Å². The van der Waals surface area contributed by atoms with E-state index in [9.17, 15) is 14.4 Å². The highest BCUT2D eigenvalue weighted by molar-refractivity contribution is 5.99. The summed E-state index contributed by atoms with van der Waals surface area (Å²) in [5, 5.41) is 19.8. The Bertz CT molecular complexity index is 543. The zero-order valence-electron chi connectivity index (χ0n) is 10.6. The summed E-state index contributed by atoms with van der Waals surface area (Å²) in [6, 6.07) is 2.65. The lowest BCUT2D eigenvalue weighted by Gasteiger charge is -2.13. The van der Waals surface area contributed by atoms with Gasteiger partial charge in [-0.05, 0) is 18.2 Å². The zero-order chi connectivity index (χ0) is 15.3. The number of carboxylic acid groups (broad SMARTS) is 2. The minimum absolute atomic E-state index is 0.0482. The first-order valence-electron chi connectivity index (χ1n) is 5.54. The molecule has 0 saturated heterocycles. The predicted molar refractivity (Wildman–Crippen MR) is 68.8 cm³/mol. The summed E-state index contributed by atoms with van der Waals surface area (Å²) < 4.78 is 4.98. The Balaban J connectivity index is 2.94. The lowest BCUT2D eigenvalue weighted by Crippen LogP contribution is -2.37. The first kappa shape index (κ1) is 15.4. The van der Waals surface area contributed by atoms with E-state index >= 15 is 0 Å². The molecule has 0 fully saturated rings. The van der Waals surface area contributed by atoms with Crippen LogP contribution in [0.5, 0.6) is 5.75 Å². The van der Waals surface area contributed by atoms with Crippen molar-refractivity contribution in [3.8, 4) is 5.75 Å². The maximum Gasteiger partial charge on any atom is 0.335 e. The number of nitrogens with one attached hydrogen (secondary N) is 1. The van der Waals surface area contributed by atoms with Gasteiger partial charge in [-0.25, -0.2) is 4.79 Å². The molecule has 0 bridgehead atoms. The number of carbonyl (C=O) groups excluding carboxylic acids is 1. The Morgan fingerprint density at radius 3 is 2.50 bits per heavy atom. The van der Waals surface area contributed by atoms with Gasteiger partial charge in [0.1, 0.15) is 5.75 Å². The molecule has 108 valence electrons. The van der Waals surface area contributed by atoms with Gasteiger partial charge in [0, 0.05) is 0 Å². The molecule has 8 nitrogen and oxygen atoms in total. The highest BCUT2D eigenvalue weighted by Crippen LogP contribution is 2.25. The molecule has 20 heavy (non-hydrogen) atoms. The van der Waals surface area contributed by atoms with Crippen molar-refractivity contribution in [3.63, 3.8) is 0 Å². The molecule has 5 N–H and O–H groups in total. The molecular weight excluding hydrogens is 268 g/mol. The van der Waals surface area contributed by atoms with Gasteiger partial charge in [0.05, 0.1) is 30.8 Å². The monoisotopic (exact) mass is 282 g/mol. The lowest BCUT2D eigenvalue weighted by molar-refractivity contribution is -0.138. The molecule has 8 heteroatoms. The molecular formula is C12H14N2O6. The van der Waals surface area contributed by atoms with Gasteiger partial charge in [-0.2, -0.15) is 0 Å². The number of rotatable bonds is 6. The molecule has 1 atom stereocenters. The first-order chi connectivity index (χ1) is 9.35. The standard InChI is InChI=1S/C12H14N2O6/c1-20-9-3-2-6(12(18)19)4-8(9)14-11(17)7(13)5-10(15)16/h2-4,7H,5,13H2,1H3,(H,14,17)(H,15,16)(H,18,19). The van der Waals surface area contributed by atoms with Gasteiger partial charge in [0.2, 0.25) is 5.91 Å². The molecule has 0 aliphatic rings. The topological polar surface area (TPSA) is 139 Å². The van der Waals surface area contributed by atoms with Crippen LogP contribution >= 0.6 is 0 Å². The third kappa shape index (κ3) is 3.95. The number of carboxylic acids is 2. The molecule has 1 amide bonds. The summed E-state index contributed by atoms with van der Waals surface area (Å²) in [5.41, 5.74) is 5.47. The quantitative estimate of drug-likeness (QED) is 0.581. The van der Waals surface area contributed by atoms with Crippen molar-refractivity contribution >= 4 is 23.5 Å². The largest absolute Gasteiger partial charge is 0.495 e. The van der Waals surface area contributed by atoms with Crippen molar-refractivity contribution in [2.75, 3.05) is 12.4 Å². The Kier molecular flexibility index (Phi) is 5.04. The Morgan fingerprint density at radius 1 is 1.35 bits per heavy atom. The Labute approximate surface area is 114 Å². The number of hydrogen-bond donors (Lipinski definition) is 4. The molecule has 0 spiro atoms. The van der Waals surface area contributed by atoms with Crippen molar-refractivity contribution in [3.05, 3.63) is 23.8 Å². The molecule has 0 radical (unpaired) electrons. The van der Waals surface area contributed by atoms with Gasteiger partial charge in [-0.15, -0.1) is 0 Å². The van der Waals surface area contributed by atoms with E-state index in [-0.39, 0.29) is 17.0 Å². The number of methoxy groups -OCH3 is 1. The Morgan fingerprint density at radius 2 is 2.00 bits per heavy atom. The number of benzene rings is 1. The van der Waals surface area contributed by atoms with E-state index in [4.69, 9.17) is 20.7 Å². The van der Waals surface area contributed by atoms with E-state index in [1.165, 1.54) is 25.3 Å². The van der Waals surface area contributed by atoms with Crippen molar-refractivity contribution < 1.29 is 29.3 Å². The number of carbonyl (C=O) groups is 3. The number of ether oxygens (including phenoxy) is 1. The van der Waals surface area contributed by atoms with Crippen molar-refractivity contribution in [2.24, 2.45) is 5.73 Å². The second-order valence-electron chi connectivity index (χ2n) is 3.91. The minimum atomic E-state index is -1.24. The van der Waals surface area contributed by atoms with Crippen LogP contribution in [-0.4, -0.2) is 41.2 Å². The number of aromatic carboxylic acids is 1. The normalized spacial score (nSPS) is 11.5. The van der Waals surface area contributed by atoms with E-state index in [2.05, 4.69) is 5.32 Å². The van der Waals surface area contributed by atoms with Crippen LogP contribution in [-0.2, 0) is 9.59 Å². The number of nitrogens with two attached hydrogens (primary N) is 1. The first-order valence-corrected chi connectivity index (χ1v) is 5.54. The number of hydrogen-bond acceptors (Lipinski definition) is 5. The number of amides is 1. The van der Waals surface area contributed by atoms with Crippen LogP contribution in [0.1, 0.15) is 16.8 Å². The molecule has 0 aliphatic heterocycles. The fraction of sp³-hybridized carbons (Fsp3) is 0.250. The zero-order valence-corrected chi connectivity index (χ0v) is 10.6. The Hall–Kier alpha value is -2.61. The fourth-order valence-electron chi connectivity index (χ4n) is 1.44. The van der Waals surface area contributed by atoms with Gasteiger partial charge >= 0.3 is 11.9 Å². The molecule has 1 unspecified atom stereocenters. The van der Waals surface area contributed by atoms with Gasteiger partial charge in [-0.3, -0.25) is 9.59 Å². The highest BCUT2D eigenvalue weighted by Gasteiger charge is 2.19. The van der Waals surface area contributed by atoms with Crippen LogP contribution < -0.4 is 15.8 Å². The van der Waals surface area contributed by atoms with Crippen LogP contribution in [0.3, 0.4) is 0 Å². The van der Waals surface area contributed by atoms with Crippen LogP contribution in [0, 0.1) is 0 Å². The SMILES string of the molecule is COc1ccc(C(=O)O)cc1NC(=O)C(N)CC(=O)O. The van der Waals surface area contributed by atoms with E-state index in [1.807, 2.05) is 0 Å². The maximum atomic E-state index is 11.7.